The lowest BCUT2D eigenvalue weighted by atomic mass is 9.89. The van der Waals surface area contributed by atoms with Crippen LogP contribution in [0, 0.1) is 6.92 Å². The fraction of sp³-hybridized carbons (Fsp3) is 0.120. The van der Waals surface area contributed by atoms with E-state index in [1.165, 1.54) is 6.26 Å². The van der Waals surface area contributed by atoms with Gasteiger partial charge in [-0.2, -0.15) is 0 Å². The van der Waals surface area contributed by atoms with Crippen LogP contribution >= 0.6 is 0 Å². The number of furan rings is 1. The fourth-order valence-electron chi connectivity index (χ4n) is 3.91. The Morgan fingerprint density at radius 2 is 1.63 bits per heavy atom. The van der Waals surface area contributed by atoms with Gasteiger partial charge < -0.3 is 13.6 Å². The van der Waals surface area contributed by atoms with Gasteiger partial charge in [-0.25, -0.2) is 4.79 Å². The molecule has 0 amide bonds. The lowest BCUT2D eigenvalue weighted by Gasteiger charge is -2.16. The molecule has 0 saturated carbocycles. The highest BCUT2D eigenvalue weighted by Crippen LogP contribution is 2.42. The first-order valence-electron chi connectivity index (χ1n) is 9.66. The number of ketones is 1. The van der Waals surface area contributed by atoms with Crippen molar-refractivity contribution < 1.29 is 18.4 Å². The normalized spacial score (nSPS) is 17.4. The summed E-state index contributed by atoms with van der Waals surface area (Å²) in [6.45, 7) is 1.67. The molecule has 0 fully saturated rings. The monoisotopic (exact) mass is 398 g/mol. The Balaban J connectivity index is 1.52. The van der Waals surface area contributed by atoms with Crippen LogP contribution in [0.2, 0.25) is 0 Å². The number of hydrogen-bond donors (Lipinski definition) is 0. The van der Waals surface area contributed by atoms with E-state index < -0.39 is 17.6 Å². The van der Waals surface area contributed by atoms with Gasteiger partial charge in [0.15, 0.2) is 6.10 Å². The molecule has 2 aromatic carbocycles. The predicted octanol–water partition coefficient (Wildman–Crippen LogP) is 4.98. The Morgan fingerprint density at radius 3 is 2.33 bits per heavy atom. The van der Waals surface area contributed by atoms with E-state index in [-0.39, 0.29) is 5.78 Å². The minimum atomic E-state index is -0.904. The molecule has 0 aliphatic carbocycles. The molecule has 30 heavy (non-hydrogen) atoms. The Kier molecular flexibility index (Phi) is 4.36. The van der Waals surface area contributed by atoms with Crippen molar-refractivity contribution >= 4 is 5.78 Å². The van der Waals surface area contributed by atoms with Gasteiger partial charge in [0.05, 0.1) is 17.7 Å². The van der Waals surface area contributed by atoms with Gasteiger partial charge in [-0.1, -0.05) is 54.6 Å². The summed E-state index contributed by atoms with van der Waals surface area (Å²) < 4.78 is 16.8. The zero-order valence-corrected chi connectivity index (χ0v) is 16.2. The number of ether oxygens (including phenoxy) is 1. The molecule has 5 rings (SSSR count). The van der Waals surface area contributed by atoms with Gasteiger partial charge >= 0.3 is 5.63 Å². The molecule has 2 unspecified atom stereocenters. The van der Waals surface area contributed by atoms with Crippen LogP contribution in [0.4, 0.5) is 0 Å². The molecule has 1 aliphatic rings. The Hall–Kier alpha value is -3.86. The third-order valence-electron chi connectivity index (χ3n) is 5.33. The van der Waals surface area contributed by atoms with Crippen LogP contribution in [0.5, 0.6) is 5.75 Å². The number of benzene rings is 2. The topological polar surface area (TPSA) is 69.7 Å². The molecular formula is C25H18O5. The molecule has 3 heterocycles. The molecule has 4 aromatic rings. The summed E-state index contributed by atoms with van der Waals surface area (Å²) in [5.74, 6) is 0.406. The maximum Gasteiger partial charge on any atom is 0.343 e. The summed E-state index contributed by atoms with van der Waals surface area (Å²) in [6.07, 6.45) is 0.609. The van der Waals surface area contributed by atoms with Crippen LogP contribution in [0.25, 0.3) is 11.1 Å². The smallest absolute Gasteiger partial charge is 0.343 e. The van der Waals surface area contributed by atoms with Crippen LogP contribution in [0.3, 0.4) is 0 Å². The van der Waals surface area contributed by atoms with E-state index in [0.717, 1.165) is 11.1 Å². The van der Waals surface area contributed by atoms with Crippen LogP contribution < -0.4 is 10.4 Å². The molecule has 2 aromatic heterocycles. The highest BCUT2D eigenvalue weighted by atomic mass is 16.5. The quantitative estimate of drug-likeness (QED) is 0.453. The zero-order valence-electron chi connectivity index (χ0n) is 16.2. The number of carbonyl (C=O) groups excluding carboxylic acids is 1. The van der Waals surface area contributed by atoms with Gasteiger partial charge in [-0.05, 0) is 30.2 Å². The Bertz CT molecular complexity index is 1250. The molecule has 0 spiro atoms. The van der Waals surface area contributed by atoms with Crippen LogP contribution in [-0.4, -0.2) is 11.9 Å². The van der Waals surface area contributed by atoms with Crippen molar-refractivity contribution in [3.63, 3.8) is 0 Å². The highest BCUT2D eigenvalue weighted by Gasteiger charge is 2.45. The van der Waals surface area contributed by atoms with E-state index in [1.807, 2.05) is 42.5 Å². The largest absolute Gasteiger partial charge is 0.480 e. The first kappa shape index (κ1) is 18.2. The van der Waals surface area contributed by atoms with Gasteiger partial charge in [-0.3, -0.25) is 4.79 Å². The van der Waals surface area contributed by atoms with Crippen LogP contribution in [0.15, 0.2) is 92.7 Å². The first-order valence-corrected chi connectivity index (χ1v) is 9.66. The zero-order chi connectivity index (χ0) is 20.7. The van der Waals surface area contributed by atoms with E-state index in [4.69, 9.17) is 13.6 Å². The molecule has 1 aliphatic heterocycles. The number of fused-ring (bicyclic) bond motifs is 1. The maximum atomic E-state index is 13.4. The molecule has 0 saturated heterocycles. The SMILES string of the molecule is Cc1cc2c(c(=O)o1)C(c1ccco1)C(C(=O)c1ccc(-c3ccccc3)cc1)O2. The van der Waals surface area contributed by atoms with Gasteiger partial charge in [0.25, 0.3) is 0 Å². The fourth-order valence-corrected chi connectivity index (χ4v) is 3.91. The lowest BCUT2D eigenvalue weighted by molar-refractivity contribution is 0.0798. The van der Waals surface area contributed by atoms with Crippen molar-refractivity contribution in [3.05, 3.63) is 112 Å². The van der Waals surface area contributed by atoms with Crippen molar-refractivity contribution in [1.82, 2.24) is 0 Å². The van der Waals surface area contributed by atoms with Gasteiger partial charge in [-0.15, -0.1) is 0 Å². The third-order valence-corrected chi connectivity index (χ3v) is 5.33. The molecule has 148 valence electrons. The van der Waals surface area contributed by atoms with Gasteiger partial charge in [0.2, 0.25) is 5.78 Å². The third kappa shape index (κ3) is 3.05. The number of carbonyl (C=O) groups is 1. The molecular weight excluding hydrogens is 380 g/mol. The first-order chi connectivity index (χ1) is 14.6. The second kappa shape index (κ2) is 7.19. The molecule has 5 nitrogen and oxygen atoms in total. The van der Waals surface area contributed by atoms with Crippen LogP contribution in [0.1, 0.15) is 33.4 Å². The van der Waals surface area contributed by atoms with Gasteiger partial charge in [0.1, 0.15) is 17.3 Å². The Labute approximate surface area is 172 Å². The van der Waals surface area contributed by atoms with E-state index in [2.05, 4.69) is 0 Å². The summed E-state index contributed by atoms with van der Waals surface area (Å²) >= 11 is 0. The Morgan fingerprint density at radius 1 is 0.900 bits per heavy atom. The summed E-state index contributed by atoms with van der Waals surface area (Å²) in [4.78, 5) is 25.9. The minimum absolute atomic E-state index is 0.218. The summed E-state index contributed by atoms with van der Waals surface area (Å²) in [5, 5.41) is 0. The molecule has 0 bridgehead atoms. The van der Waals surface area contributed by atoms with Crippen molar-refractivity contribution in [2.45, 2.75) is 18.9 Å². The van der Waals surface area contributed by atoms with Crippen molar-refractivity contribution in [1.29, 1.82) is 0 Å². The molecule has 0 radical (unpaired) electrons. The second-order valence-electron chi connectivity index (χ2n) is 7.26. The average Bonchev–Trinajstić information content (AvgIpc) is 3.41. The summed E-state index contributed by atoms with van der Waals surface area (Å²) in [5.41, 5.74) is 2.39. The number of aryl methyl sites for hydroxylation is 1. The molecule has 2 atom stereocenters. The standard InChI is InChI=1S/C25H18O5/c1-15-14-20-22(25(27)29-15)21(19-8-5-13-28-19)24(30-20)23(26)18-11-9-17(10-12-18)16-6-3-2-4-7-16/h2-14,21,24H,1H3. The molecule has 5 heteroatoms. The number of hydrogen-bond acceptors (Lipinski definition) is 5. The lowest BCUT2D eigenvalue weighted by Crippen LogP contribution is -2.30. The second-order valence-corrected chi connectivity index (χ2v) is 7.26. The van der Waals surface area contributed by atoms with E-state index >= 15 is 0 Å². The van der Waals surface area contributed by atoms with E-state index in [9.17, 15) is 9.59 Å². The predicted molar refractivity (Wildman–Crippen MR) is 111 cm³/mol. The van der Waals surface area contributed by atoms with Crippen molar-refractivity contribution in [2.75, 3.05) is 0 Å². The summed E-state index contributed by atoms with van der Waals surface area (Å²) in [6, 6.07) is 22.4. The minimum Gasteiger partial charge on any atom is -0.480 e. The average molecular weight is 398 g/mol. The highest BCUT2D eigenvalue weighted by molar-refractivity contribution is 6.01. The number of Topliss-reactive ketones (excluding diaryl/α,β-unsaturated/α-hetero) is 1. The number of rotatable bonds is 4. The van der Waals surface area contributed by atoms with Crippen molar-refractivity contribution in [3.8, 4) is 16.9 Å². The van der Waals surface area contributed by atoms with E-state index in [0.29, 0.717) is 28.4 Å². The summed E-state index contributed by atoms with van der Waals surface area (Å²) in [7, 11) is 0. The molecule has 0 N–H and O–H groups in total. The van der Waals surface area contributed by atoms with E-state index in [1.54, 1.807) is 37.3 Å². The van der Waals surface area contributed by atoms with Crippen molar-refractivity contribution in [2.24, 2.45) is 0 Å². The maximum absolute atomic E-state index is 13.4. The van der Waals surface area contributed by atoms with Crippen LogP contribution in [-0.2, 0) is 0 Å². The van der Waals surface area contributed by atoms with Gasteiger partial charge in [0, 0.05) is 11.6 Å².